The molecule has 5 heteroatoms. The van der Waals surface area contributed by atoms with Gasteiger partial charge in [0.2, 0.25) is 0 Å². The van der Waals surface area contributed by atoms with Crippen LogP contribution in [0.1, 0.15) is 27.9 Å². The SMILES string of the molecule is CCN(Cc1ccccn1)C(=O)c1sccc1C#CCO. The molecule has 0 aliphatic heterocycles. The Labute approximate surface area is 128 Å². The Hall–Kier alpha value is -2.16. The molecule has 0 saturated heterocycles. The third kappa shape index (κ3) is 3.91. The number of thiophene rings is 1. The molecule has 21 heavy (non-hydrogen) atoms. The number of aromatic nitrogens is 1. The van der Waals surface area contributed by atoms with Crippen LogP contribution in [-0.2, 0) is 6.54 Å². The number of nitrogens with zero attached hydrogens (tertiary/aromatic N) is 2. The van der Waals surface area contributed by atoms with E-state index >= 15 is 0 Å². The van der Waals surface area contributed by atoms with Crippen molar-refractivity contribution in [2.75, 3.05) is 13.2 Å². The van der Waals surface area contributed by atoms with Gasteiger partial charge in [-0.15, -0.1) is 11.3 Å². The molecule has 2 aromatic heterocycles. The lowest BCUT2D eigenvalue weighted by molar-refractivity contribution is 0.0755. The lowest BCUT2D eigenvalue weighted by Crippen LogP contribution is -2.30. The molecule has 2 aromatic rings. The Morgan fingerprint density at radius 1 is 1.43 bits per heavy atom. The predicted molar refractivity (Wildman–Crippen MR) is 82.9 cm³/mol. The monoisotopic (exact) mass is 300 g/mol. The van der Waals surface area contributed by atoms with Gasteiger partial charge in [-0.2, -0.15) is 0 Å². The van der Waals surface area contributed by atoms with E-state index in [-0.39, 0.29) is 12.5 Å². The summed E-state index contributed by atoms with van der Waals surface area (Å²) >= 11 is 1.37. The molecule has 108 valence electrons. The number of hydrogen-bond acceptors (Lipinski definition) is 4. The van der Waals surface area contributed by atoms with E-state index in [2.05, 4.69) is 16.8 Å². The maximum Gasteiger partial charge on any atom is 0.265 e. The molecule has 0 fully saturated rings. The number of aliphatic hydroxyl groups is 1. The average molecular weight is 300 g/mol. The van der Waals surface area contributed by atoms with Gasteiger partial charge in [0.15, 0.2) is 0 Å². The Morgan fingerprint density at radius 3 is 2.95 bits per heavy atom. The fraction of sp³-hybridized carbons (Fsp3) is 0.250. The van der Waals surface area contributed by atoms with Gasteiger partial charge < -0.3 is 10.0 Å². The average Bonchev–Trinajstić information content (AvgIpc) is 2.99. The number of aliphatic hydroxyl groups excluding tert-OH is 1. The second-order valence-corrected chi connectivity index (χ2v) is 5.18. The molecule has 0 unspecified atom stereocenters. The molecule has 0 atom stereocenters. The number of hydrogen-bond donors (Lipinski definition) is 1. The van der Waals surface area contributed by atoms with Gasteiger partial charge in [-0.3, -0.25) is 9.78 Å². The van der Waals surface area contributed by atoms with Crippen LogP contribution >= 0.6 is 11.3 Å². The third-order valence-electron chi connectivity index (χ3n) is 2.91. The fourth-order valence-electron chi connectivity index (χ4n) is 1.87. The molecule has 0 spiro atoms. The van der Waals surface area contributed by atoms with Crippen molar-refractivity contribution >= 4 is 17.2 Å². The summed E-state index contributed by atoms with van der Waals surface area (Å²) in [4.78, 5) is 19.2. The van der Waals surface area contributed by atoms with E-state index in [1.54, 1.807) is 17.2 Å². The van der Waals surface area contributed by atoms with Crippen LogP contribution in [0, 0.1) is 11.8 Å². The zero-order chi connectivity index (χ0) is 15.1. The number of amides is 1. The molecule has 0 saturated carbocycles. The normalized spacial score (nSPS) is 9.81. The first-order valence-corrected chi connectivity index (χ1v) is 7.50. The summed E-state index contributed by atoms with van der Waals surface area (Å²) in [7, 11) is 0. The van der Waals surface area contributed by atoms with Crippen LogP contribution in [0.4, 0.5) is 0 Å². The van der Waals surface area contributed by atoms with Crippen molar-refractivity contribution in [3.63, 3.8) is 0 Å². The second-order valence-electron chi connectivity index (χ2n) is 4.26. The molecular weight excluding hydrogens is 284 g/mol. The third-order valence-corrected chi connectivity index (χ3v) is 3.81. The van der Waals surface area contributed by atoms with Gasteiger partial charge in [0, 0.05) is 18.3 Å². The van der Waals surface area contributed by atoms with Gasteiger partial charge in [0.05, 0.1) is 12.2 Å². The zero-order valence-corrected chi connectivity index (χ0v) is 12.6. The predicted octanol–water partition coefficient (Wildman–Crippen LogP) is 2.15. The van der Waals surface area contributed by atoms with Gasteiger partial charge in [-0.25, -0.2) is 0 Å². The van der Waals surface area contributed by atoms with E-state index in [4.69, 9.17) is 5.11 Å². The highest BCUT2D eigenvalue weighted by Gasteiger charge is 2.19. The van der Waals surface area contributed by atoms with Crippen LogP contribution in [0.5, 0.6) is 0 Å². The first kappa shape index (κ1) is 15.2. The number of pyridine rings is 1. The standard InChI is InChI=1S/C16H16N2O2S/c1-2-18(12-14-7-3-4-9-17-14)16(20)15-13(6-5-10-19)8-11-21-15/h3-4,7-9,11,19H,2,10,12H2,1H3. The van der Waals surface area contributed by atoms with Gasteiger partial charge in [-0.05, 0) is 30.5 Å². The Kier molecular flexibility index (Phi) is 5.50. The van der Waals surface area contributed by atoms with E-state index in [0.717, 1.165) is 5.69 Å². The van der Waals surface area contributed by atoms with Crippen molar-refractivity contribution in [2.24, 2.45) is 0 Å². The van der Waals surface area contributed by atoms with E-state index < -0.39 is 0 Å². The lowest BCUT2D eigenvalue weighted by atomic mass is 10.2. The summed E-state index contributed by atoms with van der Waals surface area (Å²) < 4.78 is 0. The van der Waals surface area contributed by atoms with E-state index in [1.807, 2.05) is 30.5 Å². The molecule has 0 aliphatic rings. The van der Waals surface area contributed by atoms with Crippen LogP contribution in [-0.4, -0.2) is 34.0 Å². The summed E-state index contributed by atoms with van der Waals surface area (Å²) in [5.74, 6) is 5.34. The van der Waals surface area contributed by atoms with Gasteiger partial charge in [-0.1, -0.05) is 17.9 Å². The first-order chi connectivity index (χ1) is 10.3. The Balaban J connectivity index is 2.19. The van der Waals surface area contributed by atoms with E-state index in [0.29, 0.717) is 23.5 Å². The molecular formula is C16H16N2O2S. The lowest BCUT2D eigenvalue weighted by Gasteiger charge is -2.20. The van der Waals surface area contributed by atoms with Crippen molar-refractivity contribution in [3.05, 3.63) is 52.0 Å². The maximum absolute atomic E-state index is 12.6. The van der Waals surface area contributed by atoms with Crippen molar-refractivity contribution in [3.8, 4) is 11.8 Å². The van der Waals surface area contributed by atoms with Crippen LogP contribution in [0.15, 0.2) is 35.8 Å². The smallest absolute Gasteiger partial charge is 0.265 e. The molecule has 0 bridgehead atoms. The van der Waals surface area contributed by atoms with Gasteiger partial charge >= 0.3 is 0 Å². The molecule has 1 N–H and O–H groups in total. The first-order valence-electron chi connectivity index (χ1n) is 6.62. The van der Waals surface area contributed by atoms with Crippen molar-refractivity contribution in [1.29, 1.82) is 0 Å². The molecule has 0 aromatic carbocycles. The van der Waals surface area contributed by atoms with Gasteiger partial charge in [0.1, 0.15) is 11.5 Å². The summed E-state index contributed by atoms with van der Waals surface area (Å²) in [6.45, 7) is 2.80. The van der Waals surface area contributed by atoms with Crippen LogP contribution in [0.3, 0.4) is 0 Å². The minimum atomic E-state index is -0.213. The highest BCUT2D eigenvalue weighted by atomic mass is 32.1. The molecule has 2 rings (SSSR count). The zero-order valence-electron chi connectivity index (χ0n) is 11.7. The fourth-order valence-corrected chi connectivity index (χ4v) is 2.68. The van der Waals surface area contributed by atoms with Crippen LogP contribution < -0.4 is 0 Å². The number of carbonyl (C=O) groups is 1. The Morgan fingerprint density at radius 2 is 2.29 bits per heavy atom. The highest BCUT2D eigenvalue weighted by molar-refractivity contribution is 7.12. The highest BCUT2D eigenvalue weighted by Crippen LogP contribution is 2.19. The molecule has 4 nitrogen and oxygen atoms in total. The topological polar surface area (TPSA) is 53.4 Å². The minimum absolute atomic E-state index is 0.0552. The van der Waals surface area contributed by atoms with Gasteiger partial charge in [0.25, 0.3) is 5.91 Å². The molecule has 0 radical (unpaired) electrons. The molecule has 1 amide bonds. The summed E-state index contributed by atoms with van der Waals surface area (Å²) in [5, 5.41) is 10.6. The largest absolute Gasteiger partial charge is 0.384 e. The second kappa shape index (κ2) is 7.58. The summed E-state index contributed by atoms with van der Waals surface area (Å²) in [6, 6.07) is 7.46. The Bertz CT molecular complexity index is 656. The van der Waals surface area contributed by atoms with Crippen molar-refractivity contribution in [2.45, 2.75) is 13.5 Å². The summed E-state index contributed by atoms with van der Waals surface area (Å²) in [6.07, 6.45) is 1.72. The van der Waals surface area contributed by atoms with Crippen LogP contribution in [0.25, 0.3) is 0 Å². The summed E-state index contributed by atoms with van der Waals surface area (Å²) in [5.41, 5.74) is 1.52. The minimum Gasteiger partial charge on any atom is -0.384 e. The molecule has 2 heterocycles. The molecule has 0 aliphatic carbocycles. The van der Waals surface area contributed by atoms with E-state index in [1.165, 1.54) is 11.3 Å². The number of carbonyl (C=O) groups excluding carboxylic acids is 1. The van der Waals surface area contributed by atoms with Crippen molar-refractivity contribution < 1.29 is 9.90 Å². The maximum atomic E-state index is 12.6. The van der Waals surface area contributed by atoms with Crippen LogP contribution in [0.2, 0.25) is 0 Å². The van der Waals surface area contributed by atoms with E-state index in [9.17, 15) is 4.79 Å². The number of rotatable bonds is 4. The van der Waals surface area contributed by atoms with Crippen molar-refractivity contribution in [1.82, 2.24) is 9.88 Å². The quantitative estimate of drug-likeness (QED) is 0.880.